The van der Waals surface area contributed by atoms with Crippen LogP contribution >= 0.6 is 23.2 Å². The third-order valence-electron chi connectivity index (χ3n) is 5.19. The Labute approximate surface area is 198 Å². The lowest BCUT2D eigenvalue weighted by atomic mass is 10.1. The van der Waals surface area contributed by atoms with Crippen LogP contribution in [-0.4, -0.2) is 42.5 Å². The summed E-state index contributed by atoms with van der Waals surface area (Å²) in [6.07, 6.45) is 1.58. The summed E-state index contributed by atoms with van der Waals surface area (Å²) in [7, 11) is 1.12. The minimum atomic E-state index is -1.30. The second-order valence-corrected chi connectivity index (χ2v) is 7.99. The number of benzene rings is 2. The molecule has 2 atom stereocenters. The monoisotopic (exact) mass is 494 g/mol. The number of rotatable bonds is 7. The van der Waals surface area contributed by atoms with Crippen LogP contribution in [0.15, 0.2) is 36.4 Å². The zero-order valence-electron chi connectivity index (χ0n) is 17.4. The number of hydrogen-bond acceptors (Lipinski definition) is 6. The summed E-state index contributed by atoms with van der Waals surface area (Å²) < 4.78 is 4.68. The number of nitrogens with one attached hydrogen (secondary N) is 3. The standard InChI is InChI=1S/C21H20Cl2N4O6/c1-33-20(29)15(25-19(28)17-13(22)7-9-16(18(17)23)27(31)32)10-24-21(30)26-14-8-6-11-4-2-3-5-12(11)14/h2-5,7,9,14-15H,6,8,10H2,1H3,(H,25,28)(H2,24,26,30)/t14-,15+/m1/s1. The quantitative estimate of drug-likeness (QED) is 0.306. The van der Waals surface area contributed by atoms with Crippen molar-refractivity contribution >= 4 is 46.8 Å². The van der Waals surface area contributed by atoms with Crippen molar-refractivity contribution in [1.82, 2.24) is 16.0 Å². The smallest absolute Gasteiger partial charge is 0.330 e. The van der Waals surface area contributed by atoms with Crippen LogP contribution in [0.1, 0.15) is 33.9 Å². The molecule has 0 radical (unpaired) electrons. The first-order valence-electron chi connectivity index (χ1n) is 9.86. The van der Waals surface area contributed by atoms with E-state index in [2.05, 4.69) is 20.7 Å². The van der Waals surface area contributed by atoms with Crippen molar-refractivity contribution in [1.29, 1.82) is 0 Å². The van der Waals surface area contributed by atoms with E-state index in [-0.39, 0.29) is 23.2 Å². The third-order valence-corrected chi connectivity index (χ3v) is 5.89. The van der Waals surface area contributed by atoms with Gasteiger partial charge in [-0.25, -0.2) is 9.59 Å². The number of esters is 1. The second kappa shape index (κ2) is 10.5. The number of urea groups is 1. The van der Waals surface area contributed by atoms with Crippen LogP contribution in [0.3, 0.4) is 0 Å². The molecule has 3 rings (SSSR count). The highest BCUT2D eigenvalue weighted by molar-refractivity contribution is 6.41. The number of halogens is 2. The molecule has 0 bridgehead atoms. The molecule has 33 heavy (non-hydrogen) atoms. The van der Waals surface area contributed by atoms with Crippen molar-refractivity contribution in [2.24, 2.45) is 0 Å². The molecule has 10 nitrogen and oxygen atoms in total. The minimum Gasteiger partial charge on any atom is -0.467 e. The number of hydrogen-bond donors (Lipinski definition) is 3. The molecule has 1 aliphatic carbocycles. The molecule has 3 N–H and O–H groups in total. The zero-order chi connectivity index (χ0) is 24.1. The fourth-order valence-corrected chi connectivity index (χ4v) is 4.18. The summed E-state index contributed by atoms with van der Waals surface area (Å²) in [5.74, 6) is -1.77. The highest BCUT2D eigenvalue weighted by Crippen LogP contribution is 2.33. The molecular formula is C21H20Cl2N4O6. The van der Waals surface area contributed by atoms with E-state index in [0.29, 0.717) is 0 Å². The lowest BCUT2D eigenvalue weighted by Crippen LogP contribution is -2.51. The molecule has 2 aromatic rings. The van der Waals surface area contributed by atoms with E-state index in [1.165, 1.54) is 0 Å². The Morgan fingerprint density at radius 2 is 1.94 bits per heavy atom. The lowest BCUT2D eigenvalue weighted by molar-refractivity contribution is -0.384. The number of carbonyl (C=O) groups excluding carboxylic acids is 3. The van der Waals surface area contributed by atoms with Gasteiger partial charge in [0.05, 0.1) is 35.2 Å². The van der Waals surface area contributed by atoms with E-state index in [4.69, 9.17) is 23.2 Å². The average molecular weight is 495 g/mol. The number of carbonyl (C=O) groups is 3. The summed E-state index contributed by atoms with van der Waals surface area (Å²) in [6.45, 7) is -0.303. The first kappa shape index (κ1) is 24.3. The summed E-state index contributed by atoms with van der Waals surface area (Å²) in [6, 6.07) is 7.98. The van der Waals surface area contributed by atoms with Gasteiger partial charge in [0.1, 0.15) is 11.1 Å². The molecule has 0 unspecified atom stereocenters. The Balaban J connectivity index is 1.67. The fraction of sp³-hybridized carbons (Fsp3) is 0.286. The number of nitro groups is 1. The zero-order valence-corrected chi connectivity index (χ0v) is 18.9. The van der Waals surface area contributed by atoms with Crippen LogP contribution in [0.25, 0.3) is 0 Å². The highest BCUT2D eigenvalue weighted by atomic mass is 35.5. The minimum absolute atomic E-state index is 0.141. The number of amides is 3. The molecule has 12 heteroatoms. The Bertz CT molecular complexity index is 1110. The topological polar surface area (TPSA) is 140 Å². The number of nitro benzene ring substituents is 1. The molecule has 174 valence electrons. The fourth-order valence-electron chi connectivity index (χ4n) is 3.57. The third kappa shape index (κ3) is 5.52. The Morgan fingerprint density at radius 3 is 2.64 bits per heavy atom. The molecule has 0 aliphatic heterocycles. The van der Waals surface area contributed by atoms with Crippen molar-refractivity contribution in [3.8, 4) is 0 Å². The van der Waals surface area contributed by atoms with Gasteiger partial charge in [-0.2, -0.15) is 0 Å². The van der Waals surface area contributed by atoms with E-state index in [0.717, 1.165) is 43.2 Å². The molecule has 0 saturated carbocycles. The largest absolute Gasteiger partial charge is 0.467 e. The molecule has 2 aromatic carbocycles. The Kier molecular flexibility index (Phi) is 7.72. The normalized spacial score (nSPS) is 15.2. The summed E-state index contributed by atoms with van der Waals surface area (Å²) in [4.78, 5) is 47.6. The van der Waals surface area contributed by atoms with Gasteiger partial charge in [0, 0.05) is 6.07 Å². The van der Waals surface area contributed by atoms with Crippen LogP contribution < -0.4 is 16.0 Å². The van der Waals surface area contributed by atoms with Crippen LogP contribution in [0, 0.1) is 10.1 Å². The van der Waals surface area contributed by atoms with E-state index in [1.54, 1.807) is 0 Å². The Hall–Kier alpha value is -3.37. The average Bonchev–Trinajstić information content (AvgIpc) is 3.18. The maximum atomic E-state index is 12.7. The van der Waals surface area contributed by atoms with Gasteiger partial charge in [-0.05, 0) is 30.0 Å². The number of methoxy groups -OCH3 is 1. The molecule has 0 saturated heterocycles. The second-order valence-electron chi connectivity index (χ2n) is 7.21. The number of nitrogens with zero attached hydrogens (tertiary/aromatic N) is 1. The first-order chi connectivity index (χ1) is 15.7. The van der Waals surface area contributed by atoms with Gasteiger partial charge in [-0.15, -0.1) is 0 Å². The van der Waals surface area contributed by atoms with E-state index >= 15 is 0 Å². The van der Waals surface area contributed by atoms with Crippen LogP contribution in [0.2, 0.25) is 10.0 Å². The van der Waals surface area contributed by atoms with E-state index in [9.17, 15) is 24.5 Å². The summed E-state index contributed by atoms with van der Waals surface area (Å²) in [5, 5.41) is 18.2. The van der Waals surface area contributed by atoms with Gasteiger partial charge in [-0.1, -0.05) is 47.5 Å². The van der Waals surface area contributed by atoms with Gasteiger partial charge in [0.2, 0.25) is 0 Å². The summed E-state index contributed by atoms with van der Waals surface area (Å²) in [5.41, 5.74) is 1.30. The van der Waals surface area contributed by atoms with Crippen molar-refractivity contribution in [3.63, 3.8) is 0 Å². The number of ether oxygens (including phenoxy) is 1. The van der Waals surface area contributed by atoms with E-state index in [1.807, 2.05) is 24.3 Å². The lowest BCUT2D eigenvalue weighted by Gasteiger charge is -2.19. The predicted octanol–water partition coefficient (Wildman–Crippen LogP) is 3.16. The van der Waals surface area contributed by atoms with Gasteiger partial charge in [0.25, 0.3) is 11.6 Å². The number of aryl methyl sites for hydroxylation is 1. The Morgan fingerprint density at radius 1 is 1.21 bits per heavy atom. The predicted molar refractivity (Wildman–Crippen MR) is 120 cm³/mol. The van der Waals surface area contributed by atoms with Crippen molar-refractivity contribution in [2.45, 2.75) is 24.9 Å². The molecular weight excluding hydrogens is 475 g/mol. The van der Waals surface area contributed by atoms with Gasteiger partial charge >= 0.3 is 12.0 Å². The number of fused-ring (bicyclic) bond motifs is 1. The van der Waals surface area contributed by atoms with Crippen molar-refractivity contribution in [2.75, 3.05) is 13.7 Å². The maximum absolute atomic E-state index is 12.7. The molecule has 3 amide bonds. The van der Waals surface area contributed by atoms with Gasteiger partial charge < -0.3 is 20.7 Å². The molecule has 0 spiro atoms. The SMILES string of the molecule is COC(=O)[C@H](CNC(=O)N[C@@H]1CCc2ccccc21)NC(=O)c1c(Cl)ccc([N+](=O)[O-])c1Cl. The summed E-state index contributed by atoms with van der Waals surface area (Å²) >= 11 is 12.0. The maximum Gasteiger partial charge on any atom is 0.330 e. The molecule has 0 fully saturated rings. The molecule has 0 aromatic heterocycles. The first-order valence-corrected chi connectivity index (χ1v) is 10.6. The van der Waals surface area contributed by atoms with Gasteiger partial charge in [-0.3, -0.25) is 14.9 Å². The van der Waals surface area contributed by atoms with Crippen molar-refractivity contribution < 1.29 is 24.0 Å². The van der Waals surface area contributed by atoms with Crippen LogP contribution in [0.4, 0.5) is 10.5 Å². The molecule has 0 heterocycles. The van der Waals surface area contributed by atoms with Crippen LogP contribution in [-0.2, 0) is 16.0 Å². The van der Waals surface area contributed by atoms with Gasteiger partial charge in [0.15, 0.2) is 0 Å². The highest BCUT2D eigenvalue weighted by Gasteiger charge is 2.29. The van der Waals surface area contributed by atoms with Crippen LogP contribution in [0.5, 0.6) is 0 Å². The molecule has 1 aliphatic rings. The van der Waals surface area contributed by atoms with E-state index < -0.39 is 39.6 Å². The van der Waals surface area contributed by atoms with Crippen molar-refractivity contribution in [3.05, 3.63) is 73.2 Å².